The predicted molar refractivity (Wildman–Crippen MR) is 480 cm³/mol. The van der Waals surface area contributed by atoms with Crippen LogP contribution in [0.2, 0.25) is 0 Å². The molecular weight excluding hydrogens is 1640 g/mol. The summed E-state index contributed by atoms with van der Waals surface area (Å²) in [6.45, 7) is 30.8. The zero-order chi connectivity index (χ0) is 91.9. The maximum absolute atomic E-state index is 14.0. The van der Waals surface area contributed by atoms with E-state index >= 15 is 0 Å². The fourth-order valence-electron chi connectivity index (χ4n) is 18.5. The molecule has 8 amide bonds. The highest BCUT2D eigenvalue weighted by Crippen LogP contribution is 2.48. The van der Waals surface area contributed by atoms with Gasteiger partial charge in [0.2, 0.25) is 17.7 Å². The van der Waals surface area contributed by atoms with Crippen molar-refractivity contribution < 1.29 is 81.4 Å². The van der Waals surface area contributed by atoms with Gasteiger partial charge in [-0.3, -0.25) is 19.3 Å². The van der Waals surface area contributed by atoms with Gasteiger partial charge < -0.3 is 94.2 Å². The lowest BCUT2D eigenvalue weighted by molar-refractivity contribution is -0.140. The fourth-order valence-corrected chi connectivity index (χ4v) is 18.5. The molecule has 33 heteroatoms. The van der Waals surface area contributed by atoms with Crippen molar-refractivity contribution in [2.24, 2.45) is 35.5 Å². The lowest BCUT2D eigenvalue weighted by Gasteiger charge is -2.32. The molecule has 12 atom stereocenters. The quantitative estimate of drug-likeness (QED) is 0.0360. The molecule has 33 nitrogen and oxygen atoms in total. The van der Waals surface area contributed by atoms with Crippen LogP contribution in [0.25, 0.3) is 88.4 Å². The van der Waals surface area contributed by atoms with Gasteiger partial charge in [-0.25, -0.2) is 48.7 Å². The molecule has 6 aliphatic heterocycles. The molecule has 4 aromatic heterocycles. The molecule has 16 rings (SSSR count). The van der Waals surface area contributed by atoms with Crippen LogP contribution < -0.4 is 30.7 Å². The molecule has 0 aliphatic carbocycles. The van der Waals surface area contributed by atoms with Crippen molar-refractivity contribution in [1.82, 2.24) is 80.7 Å². The van der Waals surface area contributed by atoms with Gasteiger partial charge >= 0.3 is 36.4 Å². The molecule has 9 N–H and O–H groups in total. The number of alkyl carbamates (subject to hydrolysis) is 4. The number of carboxylic acid groups (broad SMARTS) is 1. The van der Waals surface area contributed by atoms with Crippen molar-refractivity contribution in [3.05, 3.63) is 132 Å². The number of hydrogen-bond acceptors (Lipinski definition) is 20. The molecule has 6 aliphatic rings. The zero-order valence-electron chi connectivity index (χ0n) is 76.1. The number of nitrogens with zero attached hydrogens (tertiary/aromatic N) is 8. The summed E-state index contributed by atoms with van der Waals surface area (Å²) in [5.74, 6) is 3.00. The molecule has 10 heterocycles. The van der Waals surface area contributed by atoms with Crippen molar-refractivity contribution in [1.29, 1.82) is 0 Å². The molecular formula is C95H118N16O17. The standard InChI is InChI=1S/C45H54N8O7.C43H51N7O6.C7H13NO4/c1-22(2)37(50-44(56)58-7)42(54)52-20-24(5)15-35(52)40-46-19-33(48-40)27-10-12-29-28(16-27)21-60-36-18-30-26(17-31(29)36)11-13-32-39(30)49-41(47-32)34-14-9-25(6)53(34)43(55)38(23(3)4)51-45(57)59-8;1-22(2)36(48-41(52)54-8)40(51)50-24(4)9-14-33(50)39-45-31-13-11-25-17-30-28-12-10-26(16-27(28)21-55-35(30)18-29(25)37(31)47-39)32-19-44-38(46-32)34-15-23(3)20-49(34)42(53)56-43(5,6)7;1-4(2)5(6(9)10)8-7(11)12-3/h10-13,16-19,22-25,34-35,37-38H,9,14-15,20-21H2,1-8H3,(H,46,48)(H,47,49)(H,50,56)(H,51,57);10-13,16-19,22-24,33-34,36H,9,14-15,20-21H2,1-8H3,(H,44,46)(H,45,47)(H,48,52);4-5H,1-3H3,(H,8,11)(H,9,10)/t24-,25-,34-,35?,37-,38-;23-,24-,33-,34?,36-;/m00./s1. The molecule has 0 spiro atoms. The number of methoxy groups -OCH3 is 4. The minimum atomic E-state index is -1.06. The number of carbonyl (C=O) groups excluding carboxylic acids is 8. The van der Waals surface area contributed by atoms with E-state index in [0.29, 0.717) is 43.9 Å². The molecule has 10 aromatic rings. The van der Waals surface area contributed by atoms with Gasteiger partial charge in [-0.2, -0.15) is 0 Å². The first-order valence-corrected chi connectivity index (χ1v) is 44.0. The van der Waals surface area contributed by atoms with Crippen LogP contribution in [-0.4, -0.2) is 202 Å². The number of carbonyl (C=O) groups is 9. The second-order valence-electron chi connectivity index (χ2n) is 37.0. The largest absolute Gasteiger partial charge is 0.488 e. The lowest BCUT2D eigenvalue weighted by Crippen LogP contribution is -2.52. The van der Waals surface area contributed by atoms with Crippen LogP contribution in [-0.2, 0) is 56.1 Å². The number of rotatable bonds is 18. The van der Waals surface area contributed by atoms with Gasteiger partial charge in [-0.05, 0) is 201 Å². The highest BCUT2D eigenvalue weighted by molar-refractivity contribution is 6.08. The summed E-state index contributed by atoms with van der Waals surface area (Å²) in [5.41, 5.74) is 12.8. The van der Waals surface area contributed by atoms with Gasteiger partial charge in [0.25, 0.3) is 0 Å². The summed E-state index contributed by atoms with van der Waals surface area (Å²) in [6.07, 6.45) is 5.44. The minimum absolute atomic E-state index is 0.0138. The second-order valence-corrected chi connectivity index (χ2v) is 37.0. The van der Waals surface area contributed by atoms with E-state index in [2.05, 4.69) is 133 Å². The predicted octanol–water partition coefficient (Wildman–Crippen LogP) is 16.3. The van der Waals surface area contributed by atoms with E-state index in [4.69, 9.17) is 53.5 Å². The highest BCUT2D eigenvalue weighted by Gasteiger charge is 2.46. The Hall–Kier alpha value is -13.0. The number of H-pyrrole nitrogens is 4. The Bertz CT molecular complexity index is 5880. The third-order valence-corrected chi connectivity index (χ3v) is 25.1. The van der Waals surface area contributed by atoms with Gasteiger partial charge in [0.15, 0.2) is 0 Å². The van der Waals surface area contributed by atoms with E-state index in [0.717, 1.165) is 161 Å². The Morgan fingerprint density at radius 2 is 0.836 bits per heavy atom. The van der Waals surface area contributed by atoms with E-state index in [-0.39, 0.29) is 89.7 Å². The molecule has 128 heavy (non-hydrogen) atoms. The summed E-state index contributed by atoms with van der Waals surface area (Å²) in [7, 11) is 5.07. The number of fused-ring (bicyclic) bond motifs is 12. The summed E-state index contributed by atoms with van der Waals surface area (Å²) in [6, 6.07) is 25.3. The minimum Gasteiger partial charge on any atom is -0.488 e. The Morgan fingerprint density at radius 1 is 0.453 bits per heavy atom. The first-order valence-electron chi connectivity index (χ1n) is 44.0. The second kappa shape index (κ2) is 37.5. The Kier molecular flexibility index (Phi) is 26.8. The fraction of sp³-hybridized carbons (Fsp3) is 0.484. The maximum Gasteiger partial charge on any atom is 0.410 e. The molecule has 6 aromatic carbocycles. The number of carboxylic acids is 1. The lowest BCUT2D eigenvalue weighted by atomic mass is 9.92. The van der Waals surface area contributed by atoms with Crippen LogP contribution in [0.5, 0.6) is 11.5 Å². The van der Waals surface area contributed by atoms with Crippen LogP contribution in [0.3, 0.4) is 0 Å². The van der Waals surface area contributed by atoms with E-state index in [1.165, 1.54) is 28.4 Å². The van der Waals surface area contributed by atoms with Gasteiger partial charge in [-0.15, -0.1) is 0 Å². The summed E-state index contributed by atoms with van der Waals surface area (Å²) in [5, 5.41) is 23.0. The van der Waals surface area contributed by atoms with E-state index in [9.17, 15) is 43.2 Å². The number of aromatic nitrogens is 8. The number of ether oxygens (including phenoxy) is 7. The normalized spacial score (nSPS) is 20.2. The summed E-state index contributed by atoms with van der Waals surface area (Å²) in [4.78, 5) is 153. The van der Waals surface area contributed by atoms with Crippen molar-refractivity contribution in [2.45, 2.75) is 222 Å². The number of aromatic amines is 4. The zero-order valence-corrected chi connectivity index (χ0v) is 76.1. The summed E-state index contributed by atoms with van der Waals surface area (Å²) >= 11 is 0. The van der Waals surface area contributed by atoms with Gasteiger partial charge in [0, 0.05) is 47.1 Å². The van der Waals surface area contributed by atoms with E-state index in [1.807, 2.05) is 115 Å². The maximum atomic E-state index is 14.0. The van der Waals surface area contributed by atoms with Crippen LogP contribution in [0.4, 0.5) is 24.0 Å². The highest BCUT2D eigenvalue weighted by atomic mass is 16.6. The molecule has 3 unspecified atom stereocenters. The molecule has 0 bridgehead atoms. The van der Waals surface area contributed by atoms with Crippen LogP contribution >= 0.6 is 0 Å². The molecule has 680 valence electrons. The number of imidazole rings is 4. The number of likely N-dealkylation sites (tertiary alicyclic amines) is 4. The van der Waals surface area contributed by atoms with Crippen LogP contribution in [0.1, 0.15) is 201 Å². The van der Waals surface area contributed by atoms with Gasteiger partial charge in [0.05, 0.1) is 98.5 Å². The van der Waals surface area contributed by atoms with Crippen molar-refractivity contribution in [2.75, 3.05) is 41.5 Å². The number of benzene rings is 6. The van der Waals surface area contributed by atoms with E-state index < -0.39 is 60.1 Å². The monoisotopic (exact) mass is 1750 g/mol. The van der Waals surface area contributed by atoms with Crippen molar-refractivity contribution in [3.8, 4) is 56.3 Å². The molecule has 4 fully saturated rings. The summed E-state index contributed by atoms with van der Waals surface area (Å²) < 4.78 is 37.3. The average molecular weight is 1760 g/mol. The average Bonchev–Trinajstić information content (AvgIpc) is 1.42. The third-order valence-electron chi connectivity index (χ3n) is 25.1. The van der Waals surface area contributed by atoms with Gasteiger partial charge in [-0.1, -0.05) is 106 Å². The Balaban J connectivity index is 0.000000184. The Labute approximate surface area is 742 Å². The van der Waals surface area contributed by atoms with Crippen molar-refractivity contribution in [3.63, 3.8) is 0 Å². The smallest absolute Gasteiger partial charge is 0.410 e. The van der Waals surface area contributed by atoms with Crippen LogP contribution in [0, 0.1) is 35.5 Å². The third kappa shape index (κ3) is 18.9. The van der Waals surface area contributed by atoms with E-state index in [1.54, 1.807) is 18.7 Å². The topological polar surface area (TPSA) is 414 Å². The first kappa shape index (κ1) is 91.2. The molecule has 0 radical (unpaired) electrons. The van der Waals surface area contributed by atoms with Gasteiger partial charge in [0.1, 0.15) is 77.8 Å². The number of nitrogens with one attached hydrogen (secondary N) is 8. The molecule has 4 saturated heterocycles. The molecule has 0 saturated carbocycles. The van der Waals surface area contributed by atoms with Crippen LogP contribution in [0.15, 0.2) is 97.3 Å². The SMILES string of the molecule is COC(=O)NC(C(=O)O)C(C)C.COC(=O)N[C@H](C(=O)N1C[C@@H](C)CC1c1ncc(-c2ccc3c(c2)COc2cc4c(ccc5[nH]c([C@@H]6CC[C@H](C)N6C(=O)[C@@H](NC(=O)OC)C(C)C)nc54)cc2-3)[nH]1)C(C)C.COC(=O)N[C@H](C(=O)N1[C@@H](C)CC[C@H]1c1nc2c(ccc3cc4c(cc32)OCc2cc(-c3cnc(C5C[C@H](C)CN5C(=O)OC(C)(C)C)[nH]3)ccc2-4)[nH]1)C(C)C. The first-order chi connectivity index (χ1) is 60.9. The number of amides is 8. The Morgan fingerprint density at radius 3 is 1.22 bits per heavy atom. The number of aliphatic carboxylic acids is 1. The number of hydrogen-bond donors (Lipinski definition) is 9. The van der Waals surface area contributed by atoms with Crippen molar-refractivity contribution >= 4 is 97.8 Å².